The van der Waals surface area contributed by atoms with Crippen LogP contribution in [0.4, 0.5) is 0 Å². The predicted octanol–water partition coefficient (Wildman–Crippen LogP) is 2.77. The summed E-state index contributed by atoms with van der Waals surface area (Å²) in [7, 11) is 0. The SMILES string of the molecule is Cc1sc(-c2ccccc2)nc1CCNCC(=O)N1CCC[C@H]1C#N. The van der Waals surface area contributed by atoms with Crippen molar-refractivity contribution in [3.05, 3.63) is 40.9 Å². The molecule has 1 N–H and O–H groups in total. The monoisotopic (exact) mass is 354 g/mol. The molecule has 1 atom stereocenters. The maximum atomic E-state index is 12.2. The Morgan fingerprint density at radius 2 is 2.24 bits per heavy atom. The molecule has 0 radical (unpaired) electrons. The number of nitrogens with zero attached hydrogens (tertiary/aromatic N) is 3. The van der Waals surface area contributed by atoms with E-state index in [0.29, 0.717) is 13.1 Å². The van der Waals surface area contributed by atoms with E-state index >= 15 is 0 Å². The van der Waals surface area contributed by atoms with E-state index in [4.69, 9.17) is 10.2 Å². The van der Waals surface area contributed by atoms with E-state index in [9.17, 15) is 4.79 Å². The van der Waals surface area contributed by atoms with Gasteiger partial charge in [-0.1, -0.05) is 30.3 Å². The van der Waals surface area contributed by atoms with Gasteiger partial charge in [0.2, 0.25) is 5.91 Å². The van der Waals surface area contributed by atoms with Gasteiger partial charge in [-0.05, 0) is 19.8 Å². The van der Waals surface area contributed by atoms with Crippen molar-refractivity contribution in [1.82, 2.24) is 15.2 Å². The van der Waals surface area contributed by atoms with Crippen LogP contribution in [-0.4, -0.2) is 41.5 Å². The average Bonchev–Trinajstić information content (AvgIpc) is 3.26. The van der Waals surface area contributed by atoms with Crippen molar-refractivity contribution in [3.63, 3.8) is 0 Å². The van der Waals surface area contributed by atoms with Crippen molar-refractivity contribution >= 4 is 17.2 Å². The molecule has 25 heavy (non-hydrogen) atoms. The Morgan fingerprint density at radius 3 is 3.00 bits per heavy atom. The molecule has 1 saturated heterocycles. The van der Waals surface area contributed by atoms with Crippen molar-refractivity contribution < 1.29 is 4.79 Å². The summed E-state index contributed by atoms with van der Waals surface area (Å²) in [6.45, 7) is 3.78. The first-order valence-corrected chi connectivity index (χ1v) is 9.42. The van der Waals surface area contributed by atoms with Gasteiger partial charge in [-0.25, -0.2) is 4.98 Å². The quantitative estimate of drug-likeness (QED) is 0.810. The molecule has 6 heteroatoms. The predicted molar refractivity (Wildman–Crippen MR) is 99.2 cm³/mol. The Morgan fingerprint density at radius 1 is 1.44 bits per heavy atom. The summed E-state index contributed by atoms with van der Waals surface area (Å²) in [5, 5.41) is 13.3. The highest BCUT2D eigenvalue weighted by atomic mass is 32.1. The van der Waals surface area contributed by atoms with Crippen molar-refractivity contribution in [2.45, 2.75) is 32.2 Å². The molecule has 3 rings (SSSR count). The molecule has 130 valence electrons. The number of benzene rings is 1. The highest BCUT2D eigenvalue weighted by molar-refractivity contribution is 7.15. The number of amides is 1. The lowest BCUT2D eigenvalue weighted by Crippen LogP contribution is -2.41. The largest absolute Gasteiger partial charge is 0.326 e. The summed E-state index contributed by atoms with van der Waals surface area (Å²) >= 11 is 1.71. The number of aromatic nitrogens is 1. The van der Waals surface area contributed by atoms with E-state index in [2.05, 4.69) is 30.4 Å². The van der Waals surface area contributed by atoms with Gasteiger partial charge in [-0.15, -0.1) is 11.3 Å². The Bertz CT molecular complexity index is 765. The van der Waals surface area contributed by atoms with Gasteiger partial charge in [0.15, 0.2) is 0 Å². The van der Waals surface area contributed by atoms with Gasteiger partial charge in [-0.3, -0.25) is 4.79 Å². The zero-order valence-corrected chi connectivity index (χ0v) is 15.2. The smallest absolute Gasteiger partial charge is 0.237 e. The Kier molecular flexibility index (Phi) is 5.79. The van der Waals surface area contributed by atoms with Gasteiger partial charge >= 0.3 is 0 Å². The van der Waals surface area contributed by atoms with Crippen LogP contribution >= 0.6 is 11.3 Å². The Balaban J connectivity index is 1.49. The van der Waals surface area contributed by atoms with Gasteiger partial charge in [0.25, 0.3) is 0 Å². The summed E-state index contributed by atoms with van der Waals surface area (Å²) in [5.74, 6) is 0.0176. The molecule has 0 saturated carbocycles. The van der Waals surface area contributed by atoms with E-state index in [0.717, 1.165) is 35.5 Å². The Labute approximate surface area is 152 Å². The van der Waals surface area contributed by atoms with Crippen molar-refractivity contribution in [3.8, 4) is 16.6 Å². The van der Waals surface area contributed by atoms with Gasteiger partial charge in [0, 0.05) is 30.0 Å². The van der Waals surface area contributed by atoms with E-state index in [-0.39, 0.29) is 18.5 Å². The molecule has 2 heterocycles. The number of thiazole rings is 1. The van der Waals surface area contributed by atoms with E-state index in [1.54, 1.807) is 16.2 Å². The highest BCUT2D eigenvalue weighted by Crippen LogP contribution is 2.27. The molecule has 1 amide bonds. The highest BCUT2D eigenvalue weighted by Gasteiger charge is 2.27. The number of nitrogens with one attached hydrogen (secondary N) is 1. The third-order valence-electron chi connectivity index (χ3n) is 4.45. The second-order valence-corrected chi connectivity index (χ2v) is 7.39. The minimum Gasteiger partial charge on any atom is -0.326 e. The molecule has 0 bridgehead atoms. The number of hydrogen-bond acceptors (Lipinski definition) is 5. The first-order chi connectivity index (χ1) is 12.2. The summed E-state index contributed by atoms with van der Waals surface area (Å²) in [6.07, 6.45) is 2.51. The number of aryl methyl sites for hydroxylation is 1. The molecule has 1 aliphatic heterocycles. The molecule has 1 aromatic carbocycles. The van der Waals surface area contributed by atoms with Crippen molar-refractivity contribution in [2.75, 3.05) is 19.6 Å². The molecule has 1 aromatic heterocycles. The number of carbonyl (C=O) groups is 1. The molecule has 2 aromatic rings. The van der Waals surface area contributed by atoms with Gasteiger partial charge in [-0.2, -0.15) is 5.26 Å². The van der Waals surface area contributed by atoms with Crippen LogP contribution in [0.3, 0.4) is 0 Å². The van der Waals surface area contributed by atoms with Crippen LogP contribution in [0.1, 0.15) is 23.4 Å². The first kappa shape index (κ1) is 17.6. The zero-order valence-electron chi connectivity index (χ0n) is 14.4. The van der Waals surface area contributed by atoms with Crippen molar-refractivity contribution in [2.24, 2.45) is 0 Å². The summed E-state index contributed by atoms with van der Waals surface area (Å²) < 4.78 is 0. The second kappa shape index (κ2) is 8.24. The van der Waals surface area contributed by atoms with Gasteiger partial charge in [0.05, 0.1) is 18.3 Å². The standard InChI is InChI=1S/C19H22N4OS/c1-14-17(22-19(25-14)15-6-3-2-4-7-15)9-10-21-13-18(24)23-11-5-8-16(23)12-20/h2-4,6-7,16,21H,5,8-11,13H2,1H3/t16-/m0/s1. The topological polar surface area (TPSA) is 69.0 Å². The molecule has 5 nitrogen and oxygen atoms in total. The fourth-order valence-electron chi connectivity index (χ4n) is 3.07. The van der Waals surface area contributed by atoms with Crippen LogP contribution in [0.5, 0.6) is 0 Å². The maximum absolute atomic E-state index is 12.2. The molecular formula is C19H22N4OS. The van der Waals surface area contributed by atoms with Crippen LogP contribution in [-0.2, 0) is 11.2 Å². The fraction of sp³-hybridized carbons (Fsp3) is 0.421. The molecule has 0 unspecified atom stereocenters. The first-order valence-electron chi connectivity index (χ1n) is 8.60. The molecule has 1 aliphatic rings. The third kappa shape index (κ3) is 4.25. The van der Waals surface area contributed by atoms with Crippen molar-refractivity contribution in [1.29, 1.82) is 5.26 Å². The number of likely N-dealkylation sites (tertiary alicyclic amines) is 1. The van der Waals surface area contributed by atoms with E-state index in [1.165, 1.54) is 4.88 Å². The van der Waals surface area contributed by atoms with Crippen LogP contribution in [0.15, 0.2) is 30.3 Å². The minimum atomic E-state index is -0.247. The van der Waals surface area contributed by atoms with Gasteiger partial charge in [0.1, 0.15) is 11.0 Å². The number of hydrogen-bond donors (Lipinski definition) is 1. The number of rotatable bonds is 6. The van der Waals surface area contributed by atoms with E-state index < -0.39 is 0 Å². The zero-order chi connectivity index (χ0) is 17.6. The Hall–Kier alpha value is -2.23. The van der Waals surface area contributed by atoms with Crippen LogP contribution in [0.2, 0.25) is 0 Å². The summed E-state index contributed by atoms with van der Waals surface area (Å²) in [5.41, 5.74) is 2.22. The van der Waals surface area contributed by atoms with E-state index in [1.807, 2.05) is 18.2 Å². The lowest BCUT2D eigenvalue weighted by Gasteiger charge is -2.19. The summed E-state index contributed by atoms with van der Waals surface area (Å²) in [4.78, 5) is 19.8. The molecular weight excluding hydrogens is 332 g/mol. The third-order valence-corrected chi connectivity index (χ3v) is 5.51. The average molecular weight is 354 g/mol. The molecule has 0 spiro atoms. The lowest BCUT2D eigenvalue weighted by molar-refractivity contribution is -0.130. The lowest BCUT2D eigenvalue weighted by atomic mass is 10.2. The van der Waals surface area contributed by atoms with Gasteiger partial charge < -0.3 is 10.2 Å². The maximum Gasteiger partial charge on any atom is 0.237 e. The van der Waals surface area contributed by atoms with Crippen LogP contribution in [0, 0.1) is 18.3 Å². The number of carbonyl (C=O) groups excluding carboxylic acids is 1. The fourth-order valence-corrected chi connectivity index (χ4v) is 4.03. The summed E-state index contributed by atoms with van der Waals surface area (Å²) in [6, 6.07) is 12.1. The molecule has 0 aliphatic carbocycles. The normalized spacial score (nSPS) is 16.8. The minimum absolute atomic E-state index is 0.0176. The number of nitriles is 1. The second-order valence-electron chi connectivity index (χ2n) is 6.19. The van der Waals surface area contributed by atoms with Crippen LogP contribution < -0.4 is 5.32 Å². The van der Waals surface area contributed by atoms with Crippen LogP contribution in [0.25, 0.3) is 10.6 Å². The molecule has 1 fully saturated rings.